The molecule has 1 unspecified atom stereocenters. The van der Waals surface area contributed by atoms with Crippen molar-refractivity contribution in [3.05, 3.63) is 30.2 Å². The van der Waals surface area contributed by atoms with Crippen LogP contribution in [-0.2, 0) is 16.0 Å². The lowest BCUT2D eigenvalue weighted by Crippen LogP contribution is -2.44. The zero-order chi connectivity index (χ0) is 16.3. The van der Waals surface area contributed by atoms with Crippen LogP contribution in [0.5, 0.6) is 0 Å². The molecular formula is C15H18N2O5. The first-order chi connectivity index (χ1) is 10.2. The van der Waals surface area contributed by atoms with Crippen molar-refractivity contribution in [2.75, 3.05) is 0 Å². The summed E-state index contributed by atoms with van der Waals surface area (Å²) >= 11 is 0. The standard InChI is InChI=1S/C15H18N2O5/c1-15(2,3)22-14(20)17-11(13(18)19)7-9-4-5-12-10(6-9)16-8-21-12/h4-6,8,11H,7H2,1-3H3,(H,17,20)(H,18,19). The quantitative estimate of drug-likeness (QED) is 0.899. The number of oxazole rings is 1. The van der Waals surface area contributed by atoms with Gasteiger partial charge >= 0.3 is 12.1 Å². The molecule has 0 bridgehead atoms. The van der Waals surface area contributed by atoms with Crippen LogP contribution in [0.1, 0.15) is 26.3 Å². The van der Waals surface area contributed by atoms with Crippen LogP contribution in [0.25, 0.3) is 11.1 Å². The van der Waals surface area contributed by atoms with E-state index in [0.717, 1.165) is 5.56 Å². The van der Waals surface area contributed by atoms with E-state index >= 15 is 0 Å². The van der Waals surface area contributed by atoms with Gasteiger partial charge in [0.05, 0.1) is 0 Å². The Morgan fingerprint density at radius 2 is 2.14 bits per heavy atom. The number of alkyl carbamates (subject to hydrolysis) is 1. The minimum absolute atomic E-state index is 0.122. The molecule has 7 heteroatoms. The number of hydrogen-bond donors (Lipinski definition) is 2. The normalized spacial score (nSPS) is 12.9. The summed E-state index contributed by atoms with van der Waals surface area (Å²) in [5, 5.41) is 11.6. The number of carbonyl (C=O) groups excluding carboxylic acids is 1. The zero-order valence-electron chi connectivity index (χ0n) is 12.6. The second-order valence-corrected chi connectivity index (χ2v) is 5.90. The molecule has 0 fully saturated rings. The number of carbonyl (C=O) groups is 2. The van der Waals surface area contributed by atoms with Crippen LogP contribution in [0.15, 0.2) is 29.0 Å². The molecule has 2 aromatic rings. The molecular weight excluding hydrogens is 288 g/mol. The Morgan fingerprint density at radius 1 is 1.41 bits per heavy atom. The molecule has 0 spiro atoms. The number of hydrogen-bond acceptors (Lipinski definition) is 5. The molecule has 0 saturated heterocycles. The Bertz CT molecular complexity index is 687. The Balaban J connectivity index is 2.08. The number of carboxylic acid groups (broad SMARTS) is 1. The molecule has 7 nitrogen and oxygen atoms in total. The van der Waals surface area contributed by atoms with Gasteiger partial charge in [0.1, 0.15) is 17.2 Å². The number of fused-ring (bicyclic) bond motifs is 1. The molecule has 0 radical (unpaired) electrons. The van der Waals surface area contributed by atoms with Gasteiger partial charge in [0.25, 0.3) is 0 Å². The van der Waals surface area contributed by atoms with Crippen molar-refractivity contribution in [2.24, 2.45) is 0 Å². The Labute approximate surface area is 127 Å². The van der Waals surface area contributed by atoms with Crippen LogP contribution in [0.3, 0.4) is 0 Å². The highest BCUT2D eigenvalue weighted by atomic mass is 16.6. The van der Waals surface area contributed by atoms with E-state index in [1.54, 1.807) is 39.0 Å². The van der Waals surface area contributed by atoms with Crippen molar-refractivity contribution in [2.45, 2.75) is 38.8 Å². The molecule has 2 N–H and O–H groups in total. The highest BCUT2D eigenvalue weighted by Crippen LogP contribution is 2.15. The summed E-state index contributed by atoms with van der Waals surface area (Å²) in [5.41, 5.74) is 1.30. The summed E-state index contributed by atoms with van der Waals surface area (Å²) in [6.45, 7) is 5.13. The Kier molecular flexibility index (Phi) is 4.35. The number of rotatable bonds is 4. The van der Waals surface area contributed by atoms with Gasteiger partial charge in [-0.25, -0.2) is 14.6 Å². The Hall–Kier alpha value is -2.57. The molecule has 1 aromatic heterocycles. The van der Waals surface area contributed by atoms with Crippen molar-refractivity contribution in [3.63, 3.8) is 0 Å². The lowest BCUT2D eigenvalue weighted by atomic mass is 10.1. The third-order valence-corrected chi connectivity index (χ3v) is 2.82. The minimum atomic E-state index is -1.13. The second-order valence-electron chi connectivity index (χ2n) is 5.90. The highest BCUT2D eigenvalue weighted by molar-refractivity contribution is 5.80. The fourth-order valence-electron chi connectivity index (χ4n) is 1.92. The fraction of sp³-hybridized carbons (Fsp3) is 0.400. The number of ether oxygens (including phenoxy) is 1. The first-order valence-electron chi connectivity index (χ1n) is 6.79. The lowest BCUT2D eigenvalue weighted by molar-refractivity contribution is -0.139. The van der Waals surface area contributed by atoms with Gasteiger partial charge in [0.2, 0.25) is 0 Å². The summed E-state index contributed by atoms with van der Waals surface area (Å²) in [6.07, 6.45) is 0.682. The third kappa shape index (κ3) is 4.21. The Morgan fingerprint density at radius 3 is 2.77 bits per heavy atom. The van der Waals surface area contributed by atoms with Crippen molar-refractivity contribution in [3.8, 4) is 0 Å². The number of aliphatic carboxylic acids is 1. The molecule has 2 rings (SSSR count). The van der Waals surface area contributed by atoms with Crippen LogP contribution in [-0.4, -0.2) is 33.8 Å². The average molecular weight is 306 g/mol. The molecule has 1 atom stereocenters. The van der Waals surface area contributed by atoms with Gasteiger partial charge in [-0.2, -0.15) is 0 Å². The maximum absolute atomic E-state index is 11.7. The molecule has 0 aliphatic heterocycles. The van der Waals surface area contributed by atoms with Gasteiger partial charge in [-0.1, -0.05) is 6.07 Å². The molecule has 0 aliphatic rings. The molecule has 1 heterocycles. The predicted octanol–water partition coefficient (Wildman–Crippen LogP) is 2.35. The summed E-state index contributed by atoms with van der Waals surface area (Å²) in [7, 11) is 0. The van der Waals surface area contributed by atoms with E-state index in [1.165, 1.54) is 6.39 Å². The maximum atomic E-state index is 11.7. The average Bonchev–Trinajstić information content (AvgIpc) is 2.82. The molecule has 0 aliphatic carbocycles. The third-order valence-electron chi connectivity index (χ3n) is 2.82. The van der Waals surface area contributed by atoms with Gasteiger partial charge in [-0.05, 0) is 38.5 Å². The topological polar surface area (TPSA) is 102 Å². The van der Waals surface area contributed by atoms with Crippen LogP contribution in [0.4, 0.5) is 4.79 Å². The molecule has 22 heavy (non-hydrogen) atoms. The van der Waals surface area contributed by atoms with Crippen molar-refractivity contribution in [1.82, 2.24) is 10.3 Å². The summed E-state index contributed by atoms with van der Waals surface area (Å²) in [6, 6.07) is 4.09. The number of nitrogens with one attached hydrogen (secondary N) is 1. The molecule has 1 aromatic carbocycles. The van der Waals surface area contributed by atoms with E-state index in [9.17, 15) is 14.7 Å². The lowest BCUT2D eigenvalue weighted by Gasteiger charge is -2.22. The largest absolute Gasteiger partial charge is 0.480 e. The molecule has 1 amide bonds. The highest BCUT2D eigenvalue weighted by Gasteiger charge is 2.24. The molecule has 118 valence electrons. The fourth-order valence-corrected chi connectivity index (χ4v) is 1.92. The van der Waals surface area contributed by atoms with Crippen LogP contribution in [0, 0.1) is 0 Å². The van der Waals surface area contributed by atoms with E-state index in [1.807, 2.05) is 0 Å². The number of carboxylic acids is 1. The summed E-state index contributed by atoms with van der Waals surface area (Å²) in [4.78, 5) is 27.0. The number of amides is 1. The SMILES string of the molecule is CC(C)(C)OC(=O)NC(Cc1ccc2ocnc2c1)C(=O)O. The monoisotopic (exact) mass is 306 g/mol. The van der Waals surface area contributed by atoms with E-state index in [-0.39, 0.29) is 6.42 Å². The minimum Gasteiger partial charge on any atom is -0.480 e. The van der Waals surface area contributed by atoms with Crippen molar-refractivity contribution < 1.29 is 23.8 Å². The summed E-state index contributed by atoms with van der Waals surface area (Å²) in [5.74, 6) is -1.13. The maximum Gasteiger partial charge on any atom is 0.408 e. The van der Waals surface area contributed by atoms with E-state index in [0.29, 0.717) is 11.1 Å². The first-order valence-corrected chi connectivity index (χ1v) is 6.79. The number of aromatic nitrogens is 1. The van der Waals surface area contributed by atoms with E-state index < -0.39 is 23.7 Å². The summed E-state index contributed by atoms with van der Waals surface area (Å²) < 4.78 is 10.2. The van der Waals surface area contributed by atoms with Crippen LogP contribution < -0.4 is 5.32 Å². The van der Waals surface area contributed by atoms with Gasteiger partial charge in [0, 0.05) is 6.42 Å². The second kappa shape index (κ2) is 6.05. The van der Waals surface area contributed by atoms with Gasteiger partial charge in [-0.15, -0.1) is 0 Å². The first kappa shape index (κ1) is 15.8. The van der Waals surface area contributed by atoms with E-state index in [4.69, 9.17) is 9.15 Å². The predicted molar refractivity (Wildman–Crippen MR) is 78.5 cm³/mol. The smallest absolute Gasteiger partial charge is 0.408 e. The van der Waals surface area contributed by atoms with Crippen LogP contribution in [0.2, 0.25) is 0 Å². The molecule has 0 saturated carbocycles. The number of nitrogens with zero attached hydrogens (tertiary/aromatic N) is 1. The van der Waals surface area contributed by atoms with Crippen molar-refractivity contribution in [1.29, 1.82) is 0 Å². The van der Waals surface area contributed by atoms with Crippen molar-refractivity contribution >= 4 is 23.2 Å². The van der Waals surface area contributed by atoms with Crippen LogP contribution >= 0.6 is 0 Å². The van der Waals surface area contributed by atoms with Gasteiger partial charge in [0.15, 0.2) is 12.0 Å². The van der Waals surface area contributed by atoms with E-state index in [2.05, 4.69) is 10.3 Å². The van der Waals surface area contributed by atoms with Gasteiger partial charge < -0.3 is 19.6 Å². The van der Waals surface area contributed by atoms with Gasteiger partial charge in [-0.3, -0.25) is 0 Å². The number of benzene rings is 1. The zero-order valence-corrected chi connectivity index (χ0v) is 12.6.